The molecule has 0 unspecified atom stereocenters. The van der Waals surface area contributed by atoms with Crippen LogP contribution >= 0.6 is 27.5 Å². The van der Waals surface area contributed by atoms with E-state index in [9.17, 15) is 4.79 Å². The van der Waals surface area contributed by atoms with E-state index in [1.807, 2.05) is 17.0 Å². The Balaban J connectivity index is 2.07. The second-order valence-corrected chi connectivity index (χ2v) is 5.82. The number of carbonyl (C=O) groups excluding carboxylic acids is 1. The van der Waals surface area contributed by atoms with Crippen LogP contribution in [-0.4, -0.2) is 29.9 Å². The molecule has 2 N–H and O–H groups in total. The Hall–Kier alpha value is -0.580. The van der Waals surface area contributed by atoms with Gasteiger partial charge in [0.1, 0.15) is 0 Å². The first-order chi connectivity index (χ1) is 8.61. The molecule has 1 amide bonds. The molecule has 1 fully saturated rings. The molecule has 3 nitrogen and oxygen atoms in total. The highest BCUT2D eigenvalue weighted by molar-refractivity contribution is 9.10. The fraction of sp³-hybridized carbons (Fsp3) is 0.462. The van der Waals surface area contributed by atoms with Crippen molar-refractivity contribution in [3.8, 4) is 0 Å². The summed E-state index contributed by atoms with van der Waals surface area (Å²) in [6, 6.07) is 5.72. The number of nitrogens with two attached hydrogens (primary N) is 1. The molecule has 1 atom stereocenters. The molecule has 18 heavy (non-hydrogen) atoms. The summed E-state index contributed by atoms with van der Waals surface area (Å²) in [4.78, 5) is 14.1. The highest BCUT2D eigenvalue weighted by Gasteiger charge is 2.27. The molecule has 0 spiro atoms. The lowest BCUT2D eigenvalue weighted by Crippen LogP contribution is -2.40. The van der Waals surface area contributed by atoms with Gasteiger partial charge in [0.2, 0.25) is 5.91 Å². The number of halogens is 2. The first kappa shape index (κ1) is 13.8. The number of carbonyl (C=O) groups is 1. The van der Waals surface area contributed by atoms with Gasteiger partial charge < -0.3 is 10.6 Å². The van der Waals surface area contributed by atoms with Crippen molar-refractivity contribution < 1.29 is 4.79 Å². The molecular weight excluding hydrogens is 316 g/mol. The van der Waals surface area contributed by atoms with Gasteiger partial charge in [-0.15, -0.1) is 0 Å². The monoisotopic (exact) mass is 330 g/mol. The number of nitrogens with zero attached hydrogens (tertiary/aromatic N) is 1. The van der Waals surface area contributed by atoms with E-state index < -0.39 is 0 Å². The molecule has 1 aromatic carbocycles. The van der Waals surface area contributed by atoms with Crippen molar-refractivity contribution in [2.75, 3.05) is 13.1 Å². The van der Waals surface area contributed by atoms with Crippen molar-refractivity contribution in [2.45, 2.75) is 25.3 Å². The summed E-state index contributed by atoms with van der Waals surface area (Å²) in [6.07, 6.45) is 2.47. The molecular formula is C13H16BrClN2O. The van der Waals surface area contributed by atoms with Gasteiger partial charge in [0.25, 0.3) is 0 Å². The van der Waals surface area contributed by atoms with Crippen LogP contribution < -0.4 is 5.73 Å². The Bertz CT molecular complexity index is 453. The lowest BCUT2D eigenvalue weighted by atomic mass is 10.1. The van der Waals surface area contributed by atoms with Gasteiger partial charge in [-0.1, -0.05) is 33.6 Å². The molecule has 1 aliphatic rings. The first-order valence-corrected chi connectivity index (χ1v) is 7.22. The third kappa shape index (κ3) is 3.05. The zero-order chi connectivity index (χ0) is 13.1. The summed E-state index contributed by atoms with van der Waals surface area (Å²) in [6.45, 7) is 1.37. The van der Waals surface area contributed by atoms with Crippen LogP contribution in [0.1, 0.15) is 18.4 Å². The maximum Gasteiger partial charge on any atom is 0.227 e. The van der Waals surface area contributed by atoms with E-state index >= 15 is 0 Å². The number of amides is 1. The van der Waals surface area contributed by atoms with Crippen LogP contribution in [-0.2, 0) is 11.2 Å². The Morgan fingerprint density at radius 3 is 3.00 bits per heavy atom. The average Bonchev–Trinajstić information content (AvgIpc) is 2.81. The lowest BCUT2D eigenvalue weighted by Gasteiger charge is -2.23. The van der Waals surface area contributed by atoms with Gasteiger partial charge in [0.05, 0.1) is 6.42 Å². The molecule has 5 heteroatoms. The quantitative estimate of drug-likeness (QED) is 0.925. The second kappa shape index (κ2) is 6.04. The summed E-state index contributed by atoms with van der Waals surface area (Å²) >= 11 is 9.32. The third-order valence-electron chi connectivity index (χ3n) is 3.33. The van der Waals surface area contributed by atoms with E-state index in [-0.39, 0.29) is 11.9 Å². The fourth-order valence-corrected chi connectivity index (χ4v) is 3.16. The van der Waals surface area contributed by atoms with Crippen LogP contribution in [0, 0.1) is 0 Å². The Morgan fingerprint density at radius 1 is 1.56 bits per heavy atom. The topological polar surface area (TPSA) is 46.3 Å². The normalized spacial score (nSPS) is 19.3. The second-order valence-electron chi connectivity index (χ2n) is 4.53. The van der Waals surface area contributed by atoms with Gasteiger partial charge in [-0.05, 0) is 30.5 Å². The maximum absolute atomic E-state index is 12.2. The number of benzene rings is 1. The van der Waals surface area contributed by atoms with Crippen molar-refractivity contribution in [1.29, 1.82) is 0 Å². The van der Waals surface area contributed by atoms with Crippen LogP contribution in [0.25, 0.3) is 0 Å². The molecule has 1 aromatic rings. The zero-order valence-corrected chi connectivity index (χ0v) is 12.4. The van der Waals surface area contributed by atoms with E-state index in [0.717, 1.165) is 29.4 Å². The first-order valence-electron chi connectivity index (χ1n) is 6.05. The van der Waals surface area contributed by atoms with Crippen LogP contribution in [0.15, 0.2) is 22.7 Å². The van der Waals surface area contributed by atoms with Gasteiger partial charge >= 0.3 is 0 Å². The number of hydrogen-bond donors (Lipinski definition) is 1. The molecule has 0 bridgehead atoms. The Morgan fingerprint density at radius 2 is 2.33 bits per heavy atom. The number of likely N-dealkylation sites (tertiary alicyclic amines) is 1. The highest BCUT2D eigenvalue weighted by atomic mass is 79.9. The number of hydrogen-bond acceptors (Lipinski definition) is 2. The van der Waals surface area contributed by atoms with E-state index in [4.69, 9.17) is 17.3 Å². The lowest BCUT2D eigenvalue weighted by molar-refractivity contribution is -0.131. The molecule has 0 aromatic heterocycles. The van der Waals surface area contributed by atoms with Crippen LogP contribution in [0.5, 0.6) is 0 Å². The van der Waals surface area contributed by atoms with Gasteiger partial charge in [0.15, 0.2) is 0 Å². The van der Waals surface area contributed by atoms with E-state index in [2.05, 4.69) is 15.9 Å². The maximum atomic E-state index is 12.2. The summed E-state index contributed by atoms with van der Waals surface area (Å²) in [5.74, 6) is 0.144. The van der Waals surface area contributed by atoms with Crippen molar-refractivity contribution in [3.63, 3.8) is 0 Å². The summed E-state index contributed by atoms with van der Waals surface area (Å²) in [5.41, 5.74) is 6.65. The van der Waals surface area contributed by atoms with E-state index in [1.54, 1.807) is 6.07 Å². The molecule has 0 aliphatic carbocycles. The largest absolute Gasteiger partial charge is 0.338 e. The molecule has 1 heterocycles. The minimum absolute atomic E-state index is 0.144. The minimum atomic E-state index is 0.144. The number of rotatable bonds is 3. The molecule has 98 valence electrons. The van der Waals surface area contributed by atoms with E-state index in [1.165, 1.54) is 0 Å². The fourth-order valence-electron chi connectivity index (χ4n) is 2.34. The predicted octanol–water partition coefficient (Wildman–Crippen LogP) is 2.59. The molecule has 2 rings (SSSR count). The van der Waals surface area contributed by atoms with E-state index in [0.29, 0.717) is 18.0 Å². The van der Waals surface area contributed by atoms with Crippen molar-refractivity contribution in [2.24, 2.45) is 5.73 Å². The van der Waals surface area contributed by atoms with Gasteiger partial charge in [-0.25, -0.2) is 0 Å². The summed E-state index contributed by atoms with van der Waals surface area (Å²) in [5, 5.41) is 0.666. The third-order valence-corrected chi connectivity index (χ3v) is 4.30. The molecule has 1 aliphatic heterocycles. The predicted molar refractivity (Wildman–Crippen MR) is 76.6 cm³/mol. The molecule has 0 radical (unpaired) electrons. The van der Waals surface area contributed by atoms with Gasteiger partial charge in [-0.3, -0.25) is 4.79 Å². The molecule has 1 saturated heterocycles. The highest BCUT2D eigenvalue weighted by Crippen LogP contribution is 2.24. The Labute approximate surface area is 120 Å². The van der Waals surface area contributed by atoms with Crippen LogP contribution in [0.3, 0.4) is 0 Å². The summed E-state index contributed by atoms with van der Waals surface area (Å²) < 4.78 is 0.881. The standard InChI is InChI=1S/C13H16BrClN2O/c14-12-7-10(15)4-3-9(12)6-13(18)17-5-1-2-11(17)8-16/h3-4,7,11H,1-2,5-6,8,16H2/t11-/m0/s1. The molecule has 0 saturated carbocycles. The van der Waals surface area contributed by atoms with Crippen molar-refractivity contribution in [1.82, 2.24) is 4.90 Å². The van der Waals surface area contributed by atoms with Crippen molar-refractivity contribution in [3.05, 3.63) is 33.3 Å². The Kier molecular flexibility index (Phi) is 4.65. The summed E-state index contributed by atoms with van der Waals surface area (Å²) in [7, 11) is 0. The van der Waals surface area contributed by atoms with Gasteiger partial charge in [0, 0.05) is 28.6 Å². The minimum Gasteiger partial charge on any atom is -0.338 e. The SMILES string of the molecule is NC[C@@H]1CCCN1C(=O)Cc1ccc(Cl)cc1Br. The van der Waals surface area contributed by atoms with Crippen molar-refractivity contribution >= 4 is 33.4 Å². The van der Waals surface area contributed by atoms with Gasteiger partial charge in [-0.2, -0.15) is 0 Å². The smallest absolute Gasteiger partial charge is 0.227 e. The zero-order valence-electron chi connectivity index (χ0n) is 10.0. The van der Waals surface area contributed by atoms with Crippen LogP contribution in [0.2, 0.25) is 5.02 Å². The van der Waals surface area contributed by atoms with Crippen LogP contribution in [0.4, 0.5) is 0 Å². The average molecular weight is 332 g/mol.